The van der Waals surface area contributed by atoms with Crippen molar-refractivity contribution in [2.24, 2.45) is 0 Å². The summed E-state index contributed by atoms with van der Waals surface area (Å²) in [7, 11) is 1.85. The largest absolute Gasteiger partial charge is 0.373 e. The number of hydrogen-bond acceptors (Lipinski definition) is 6. The Hall–Kier alpha value is -1.69. The third-order valence-electron chi connectivity index (χ3n) is 2.27. The second kappa shape index (κ2) is 5.77. The van der Waals surface area contributed by atoms with Gasteiger partial charge in [-0.3, -0.25) is 0 Å². The molecule has 0 spiro atoms. The molecule has 2 aromatic rings. The van der Waals surface area contributed by atoms with Gasteiger partial charge in [0.2, 0.25) is 0 Å². The van der Waals surface area contributed by atoms with Crippen LogP contribution in [0.25, 0.3) is 0 Å². The van der Waals surface area contributed by atoms with Crippen LogP contribution in [0.3, 0.4) is 0 Å². The van der Waals surface area contributed by atoms with Crippen LogP contribution in [0.4, 0.5) is 5.82 Å². The molecule has 2 heterocycles. The van der Waals surface area contributed by atoms with E-state index in [4.69, 9.17) is 0 Å². The minimum absolute atomic E-state index is 0.698. The quantitative estimate of drug-likeness (QED) is 0.673. The fourth-order valence-electron chi connectivity index (χ4n) is 1.34. The number of aromatic nitrogens is 4. The molecule has 0 aromatic carbocycles. The minimum atomic E-state index is 0.698. The van der Waals surface area contributed by atoms with Crippen molar-refractivity contribution >= 4 is 17.6 Å². The molecule has 0 amide bonds. The summed E-state index contributed by atoms with van der Waals surface area (Å²) in [6.45, 7) is 4.00. The summed E-state index contributed by atoms with van der Waals surface area (Å²) in [6, 6.07) is 1.90. The van der Waals surface area contributed by atoms with Crippen LogP contribution >= 0.6 is 11.8 Å². The Balaban J connectivity index is 2.25. The summed E-state index contributed by atoms with van der Waals surface area (Å²) in [5.41, 5.74) is 1.05. The third-order valence-corrected chi connectivity index (χ3v) is 3.09. The zero-order chi connectivity index (χ0) is 13.0. The summed E-state index contributed by atoms with van der Waals surface area (Å²) in [5.74, 6) is 1.63. The monoisotopic (exact) mass is 261 g/mol. The summed E-state index contributed by atoms with van der Waals surface area (Å²) >= 11 is 1.44. The highest BCUT2D eigenvalue weighted by Gasteiger charge is 2.06. The molecule has 2 rings (SSSR count). The van der Waals surface area contributed by atoms with Gasteiger partial charge in [0, 0.05) is 31.9 Å². The van der Waals surface area contributed by atoms with Crippen LogP contribution < -0.4 is 5.32 Å². The van der Waals surface area contributed by atoms with Crippen molar-refractivity contribution in [3.63, 3.8) is 0 Å². The average molecular weight is 261 g/mol. The SMILES string of the molecule is CCc1nc(NC)cc(Sc2ncc(C)cn2)n1. The summed E-state index contributed by atoms with van der Waals surface area (Å²) in [4.78, 5) is 17.3. The molecule has 0 unspecified atom stereocenters. The van der Waals surface area contributed by atoms with Gasteiger partial charge < -0.3 is 5.32 Å². The maximum atomic E-state index is 4.45. The lowest BCUT2D eigenvalue weighted by Crippen LogP contribution is -2.00. The van der Waals surface area contributed by atoms with E-state index < -0.39 is 0 Å². The molecule has 0 fully saturated rings. The van der Waals surface area contributed by atoms with Gasteiger partial charge in [0.05, 0.1) is 0 Å². The molecule has 18 heavy (non-hydrogen) atoms. The zero-order valence-electron chi connectivity index (χ0n) is 10.6. The zero-order valence-corrected chi connectivity index (χ0v) is 11.5. The molecule has 5 nitrogen and oxygen atoms in total. The highest BCUT2D eigenvalue weighted by atomic mass is 32.2. The number of nitrogens with zero attached hydrogens (tertiary/aromatic N) is 4. The van der Waals surface area contributed by atoms with E-state index in [0.717, 1.165) is 28.7 Å². The van der Waals surface area contributed by atoms with E-state index in [1.165, 1.54) is 11.8 Å². The Bertz CT molecular complexity index is 504. The molecule has 0 radical (unpaired) electrons. The normalized spacial score (nSPS) is 10.4. The maximum Gasteiger partial charge on any atom is 0.193 e. The number of aryl methyl sites for hydroxylation is 2. The number of rotatable bonds is 4. The number of hydrogen-bond donors (Lipinski definition) is 1. The standard InChI is InChI=1S/C12H15N5S/c1-4-9-16-10(13-3)5-11(17-9)18-12-14-6-8(2)7-15-12/h5-7H,4H2,1-3H3,(H,13,16,17). The predicted molar refractivity (Wildman–Crippen MR) is 71.8 cm³/mol. The van der Waals surface area contributed by atoms with Crippen LogP contribution in [0.5, 0.6) is 0 Å². The first-order valence-corrected chi connectivity index (χ1v) is 6.55. The average Bonchev–Trinajstić information content (AvgIpc) is 2.41. The Labute approximate surface area is 110 Å². The first kappa shape index (κ1) is 12.8. The minimum Gasteiger partial charge on any atom is -0.373 e. The number of nitrogens with one attached hydrogen (secondary N) is 1. The molecular weight excluding hydrogens is 246 g/mol. The van der Waals surface area contributed by atoms with Crippen LogP contribution in [0, 0.1) is 6.92 Å². The Morgan fingerprint density at radius 1 is 1.22 bits per heavy atom. The second-order valence-electron chi connectivity index (χ2n) is 3.76. The van der Waals surface area contributed by atoms with E-state index in [2.05, 4.69) is 25.3 Å². The summed E-state index contributed by atoms with van der Waals surface area (Å²) in [6.07, 6.45) is 4.41. The van der Waals surface area contributed by atoms with Crippen molar-refractivity contribution in [1.29, 1.82) is 0 Å². The molecule has 0 saturated heterocycles. The van der Waals surface area contributed by atoms with Crippen molar-refractivity contribution in [2.75, 3.05) is 12.4 Å². The van der Waals surface area contributed by atoms with E-state index in [0.29, 0.717) is 5.16 Å². The highest BCUT2D eigenvalue weighted by Crippen LogP contribution is 2.24. The van der Waals surface area contributed by atoms with Crippen LogP contribution in [-0.2, 0) is 6.42 Å². The van der Waals surface area contributed by atoms with Crippen LogP contribution in [-0.4, -0.2) is 27.0 Å². The number of anilines is 1. The highest BCUT2D eigenvalue weighted by molar-refractivity contribution is 7.99. The molecule has 6 heteroatoms. The van der Waals surface area contributed by atoms with Gasteiger partial charge >= 0.3 is 0 Å². The molecule has 0 aliphatic rings. The smallest absolute Gasteiger partial charge is 0.193 e. The van der Waals surface area contributed by atoms with Gasteiger partial charge in [-0.05, 0) is 24.2 Å². The van der Waals surface area contributed by atoms with Crippen molar-refractivity contribution in [2.45, 2.75) is 30.5 Å². The Kier molecular flexibility index (Phi) is 4.09. The van der Waals surface area contributed by atoms with Crippen LogP contribution in [0.1, 0.15) is 18.3 Å². The van der Waals surface area contributed by atoms with E-state index in [-0.39, 0.29) is 0 Å². The predicted octanol–water partition coefficient (Wildman–Crippen LogP) is 2.33. The van der Waals surface area contributed by atoms with E-state index in [9.17, 15) is 0 Å². The first-order valence-electron chi connectivity index (χ1n) is 5.73. The molecule has 94 valence electrons. The van der Waals surface area contributed by atoms with Crippen molar-refractivity contribution < 1.29 is 0 Å². The fourth-order valence-corrected chi connectivity index (χ4v) is 2.06. The van der Waals surface area contributed by atoms with Crippen LogP contribution in [0.2, 0.25) is 0 Å². The molecule has 0 bridgehead atoms. The molecular formula is C12H15N5S. The molecule has 2 aromatic heterocycles. The van der Waals surface area contributed by atoms with Crippen molar-refractivity contribution in [3.8, 4) is 0 Å². The van der Waals surface area contributed by atoms with Gasteiger partial charge in [0.1, 0.15) is 16.7 Å². The van der Waals surface area contributed by atoms with Gasteiger partial charge in [-0.15, -0.1) is 0 Å². The summed E-state index contributed by atoms with van der Waals surface area (Å²) < 4.78 is 0. The van der Waals surface area contributed by atoms with Crippen molar-refractivity contribution in [3.05, 3.63) is 29.8 Å². The Morgan fingerprint density at radius 2 is 1.94 bits per heavy atom. The third kappa shape index (κ3) is 3.16. The second-order valence-corrected chi connectivity index (χ2v) is 4.74. The van der Waals surface area contributed by atoms with E-state index in [1.54, 1.807) is 12.4 Å². The van der Waals surface area contributed by atoms with Crippen molar-refractivity contribution in [1.82, 2.24) is 19.9 Å². The van der Waals surface area contributed by atoms with Gasteiger partial charge in [-0.1, -0.05) is 6.92 Å². The van der Waals surface area contributed by atoms with Crippen LogP contribution in [0.15, 0.2) is 28.6 Å². The molecule has 0 atom stereocenters. The summed E-state index contributed by atoms with van der Waals surface area (Å²) in [5, 5.41) is 4.59. The molecule has 0 aliphatic heterocycles. The lowest BCUT2D eigenvalue weighted by molar-refractivity contribution is 0.883. The lowest BCUT2D eigenvalue weighted by Gasteiger charge is -2.05. The Morgan fingerprint density at radius 3 is 2.56 bits per heavy atom. The van der Waals surface area contributed by atoms with Gasteiger partial charge in [0.15, 0.2) is 5.16 Å². The first-order chi connectivity index (χ1) is 8.71. The molecule has 0 saturated carbocycles. The topological polar surface area (TPSA) is 63.6 Å². The molecule has 0 aliphatic carbocycles. The molecule has 1 N–H and O–H groups in total. The van der Waals surface area contributed by atoms with Gasteiger partial charge in [-0.25, -0.2) is 19.9 Å². The lowest BCUT2D eigenvalue weighted by atomic mass is 10.4. The maximum absolute atomic E-state index is 4.45. The van der Waals surface area contributed by atoms with Gasteiger partial charge in [-0.2, -0.15) is 0 Å². The van der Waals surface area contributed by atoms with Gasteiger partial charge in [0.25, 0.3) is 0 Å². The fraction of sp³-hybridized carbons (Fsp3) is 0.333. The van der Waals surface area contributed by atoms with E-state index >= 15 is 0 Å². The van der Waals surface area contributed by atoms with E-state index in [1.807, 2.05) is 27.0 Å².